The third-order valence-corrected chi connectivity index (χ3v) is 2.65. The van der Waals surface area contributed by atoms with Gasteiger partial charge in [-0.1, -0.05) is 26.8 Å². The van der Waals surface area contributed by atoms with Crippen LogP contribution in [0.15, 0.2) is 22.6 Å². The molecule has 0 unspecified atom stereocenters. The molecule has 0 saturated carbocycles. The zero-order valence-electron chi connectivity index (χ0n) is 11.9. The lowest BCUT2D eigenvalue weighted by molar-refractivity contribution is 0.0685. The minimum atomic E-state index is -1.40. The lowest BCUT2D eigenvalue weighted by Gasteiger charge is -2.11. The molecule has 0 aliphatic carbocycles. The number of rotatable bonds is 4. The SMILES string of the molecule is CC(C)(C)c1nnc(COc2cccc(F)c2C(=O)O)o1. The molecule has 2 rings (SSSR count). The van der Waals surface area contributed by atoms with E-state index >= 15 is 0 Å². The first kappa shape index (κ1) is 15.0. The van der Waals surface area contributed by atoms with Crippen LogP contribution in [0.2, 0.25) is 0 Å². The summed E-state index contributed by atoms with van der Waals surface area (Å²) in [6, 6.07) is 3.79. The van der Waals surface area contributed by atoms with Crippen molar-refractivity contribution in [1.29, 1.82) is 0 Å². The second-order valence-corrected chi connectivity index (χ2v) is 5.46. The number of hydrogen-bond acceptors (Lipinski definition) is 5. The molecule has 0 saturated heterocycles. The number of carboxylic acids is 1. The molecule has 7 heteroatoms. The molecule has 1 aromatic heterocycles. The Kier molecular flexibility index (Phi) is 3.93. The molecule has 0 radical (unpaired) electrons. The topological polar surface area (TPSA) is 85.5 Å². The highest BCUT2D eigenvalue weighted by Crippen LogP contribution is 2.24. The number of hydrogen-bond donors (Lipinski definition) is 1. The average Bonchev–Trinajstić information content (AvgIpc) is 2.84. The van der Waals surface area contributed by atoms with E-state index < -0.39 is 17.3 Å². The normalized spacial score (nSPS) is 11.4. The van der Waals surface area contributed by atoms with Crippen molar-refractivity contribution in [1.82, 2.24) is 10.2 Å². The lowest BCUT2D eigenvalue weighted by atomic mass is 9.97. The van der Waals surface area contributed by atoms with E-state index in [-0.39, 0.29) is 23.7 Å². The van der Waals surface area contributed by atoms with Crippen LogP contribution in [-0.4, -0.2) is 21.3 Å². The second-order valence-electron chi connectivity index (χ2n) is 5.46. The summed E-state index contributed by atoms with van der Waals surface area (Å²) in [5.41, 5.74) is -0.816. The number of aromatic carboxylic acids is 1. The third-order valence-electron chi connectivity index (χ3n) is 2.65. The Labute approximate surface area is 120 Å². The van der Waals surface area contributed by atoms with Crippen molar-refractivity contribution in [2.24, 2.45) is 0 Å². The molecule has 0 amide bonds. The summed E-state index contributed by atoms with van der Waals surface area (Å²) in [7, 11) is 0. The van der Waals surface area contributed by atoms with E-state index in [0.29, 0.717) is 5.89 Å². The molecule has 21 heavy (non-hydrogen) atoms. The molecular formula is C14H15FN2O4. The van der Waals surface area contributed by atoms with Gasteiger partial charge in [-0.15, -0.1) is 10.2 Å². The molecule has 0 bridgehead atoms. The van der Waals surface area contributed by atoms with E-state index in [1.165, 1.54) is 12.1 Å². The molecule has 0 fully saturated rings. The van der Waals surface area contributed by atoms with Crippen LogP contribution in [0.3, 0.4) is 0 Å². The predicted molar refractivity (Wildman–Crippen MR) is 70.7 cm³/mol. The van der Waals surface area contributed by atoms with Crippen molar-refractivity contribution in [3.05, 3.63) is 41.4 Å². The molecule has 2 aromatic rings. The molecule has 112 valence electrons. The Morgan fingerprint density at radius 3 is 2.67 bits per heavy atom. The van der Waals surface area contributed by atoms with Gasteiger partial charge in [0.15, 0.2) is 6.61 Å². The van der Waals surface area contributed by atoms with Gasteiger partial charge in [-0.2, -0.15) is 0 Å². The zero-order chi connectivity index (χ0) is 15.6. The number of nitrogens with zero attached hydrogens (tertiary/aromatic N) is 2. The summed E-state index contributed by atoms with van der Waals surface area (Å²) in [6.45, 7) is 5.62. The Bertz CT molecular complexity index is 661. The number of aromatic nitrogens is 2. The molecule has 6 nitrogen and oxygen atoms in total. The van der Waals surface area contributed by atoms with E-state index in [9.17, 15) is 9.18 Å². The molecule has 0 aliphatic heterocycles. The van der Waals surface area contributed by atoms with Gasteiger partial charge in [0.2, 0.25) is 5.89 Å². The largest absolute Gasteiger partial charge is 0.483 e. The van der Waals surface area contributed by atoms with Gasteiger partial charge in [0.25, 0.3) is 5.89 Å². The number of benzene rings is 1. The third kappa shape index (κ3) is 3.36. The minimum Gasteiger partial charge on any atom is -0.483 e. The smallest absolute Gasteiger partial charge is 0.342 e. The van der Waals surface area contributed by atoms with E-state index in [4.69, 9.17) is 14.3 Å². The maximum absolute atomic E-state index is 13.5. The van der Waals surface area contributed by atoms with Crippen LogP contribution in [0.5, 0.6) is 5.75 Å². The van der Waals surface area contributed by atoms with Crippen LogP contribution in [-0.2, 0) is 12.0 Å². The van der Waals surface area contributed by atoms with E-state index in [0.717, 1.165) is 6.07 Å². The van der Waals surface area contributed by atoms with E-state index in [2.05, 4.69) is 10.2 Å². The Morgan fingerprint density at radius 2 is 2.10 bits per heavy atom. The van der Waals surface area contributed by atoms with Crippen LogP contribution in [0.4, 0.5) is 4.39 Å². The van der Waals surface area contributed by atoms with Gasteiger partial charge in [-0.3, -0.25) is 0 Å². The van der Waals surface area contributed by atoms with Crippen molar-refractivity contribution < 1.29 is 23.4 Å². The predicted octanol–water partition coefficient (Wildman–Crippen LogP) is 2.78. The summed E-state index contributed by atoms with van der Waals surface area (Å²) in [5, 5.41) is 16.7. The fourth-order valence-corrected chi connectivity index (χ4v) is 1.59. The fourth-order valence-electron chi connectivity index (χ4n) is 1.59. The first-order chi connectivity index (χ1) is 9.79. The number of carboxylic acid groups (broad SMARTS) is 1. The summed E-state index contributed by atoms with van der Waals surface area (Å²) in [6.07, 6.45) is 0. The maximum Gasteiger partial charge on any atom is 0.342 e. The maximum atomic E-state index is 13.5. The summed E-state index contributed by atoms with van der Waals surface area (Å²) < 4.78 is 24.2. The first-order valence-electron chi connectivity index (χ1n) is 6.26. The van der Waals surface area contributed by atoms with Crippen molar-refractivity contribution in [3.8, 4) is 5.75 Å². The first-order valence-corrected chi connectivity index (χ1v) is 6.26. The monoisotopic (exact) mass is 294 g/mol. The Morgan fingerprint density at radius 1 is 1.38 bits per heavy atom. The van der Waals surface area contributed by atoms with Gasteiger partial charge in [0, 0.05) is 5.41 Å². The molecule has 0 spiro atoms. The van der Waals surface area contributed by atoms with Crippen molar-refractivity contribution in [3.63, 3.8) is 0 Å². The highest BCUT2D eigenvalue weighted by atomic mass is 19.1. The average molecular weight is 294 g/mol. The highest BCUT2D eigenvalue weighted by Gasteiger charge is 2.22. The van der Waals surface area contributed by atoms with E-state index in [1.54, 1.807) is 0 Å². The fraction of sp³-hybridized carbons (Fsp3) is 0.357. The minimum absolute atomic E-state index is 0.0852. The van der Waals surface area contributed by atoms with E-state index in [1.807, 2.05) is 20.8 Å². The molecule has 1 N–H and O–H groups in total. The molecule has 0 aliphatic rings. The van der Waals surface area contributed by atoms with Gasteiger partial charge >= 0.3 is 5.97 Å². The summed E-state index contributed by atoms with van der Waals surface area (Å²) in [4.78, 5) is 11.0. The molecule has 1 heterocycles. The Balaban J connectivity index is 2.16. The van der Waals surface area contributed by atoms with Crippen LogP contribution in [0.25, 0.3) is 0 Å². The Hall–Kier alpha value is -2.44. The molecule has 0 atom stereocenters. The van der Waals surface area contributed by atoms with Crippen molar-refractivity contribution in [2.75, 3.05) is 0 Å². The lowest BCUT2D eigenvalue weighted by Crippen LogP contribution is -2.11. The van der Waals surface area contributed by atoms with Crippen molar-refractivity contribution in [2.45, 2.75) is 32.8 Å². The molecule has 1 aromatic carbocycles. The number of halogens is 1. The van der Waals surface area contributed by atoms with Crippen LogP contribution in [0.1, 0.15) is 42.9 Å². The van der Waals surface area contributed by atoms with Crippen molar-refractivity contribution >= 4 is 5.97 Å². The van der Waals surface area contributed by atoms with Gasteiger partial charge in [-0.05, 0) is 12.1 Å². The molecular weight excluding hydrogens is 279 g/mol. The number of ether oxygens (including phenoxy) is 1. The van der Waals surface area contributed by atoms with Crippen LogP contribution in [0, 0.1) is 5.82 Å². The van der Waals surface area contributed by atoms with Crippen LogP contribution < -0.4 is 4.74 Å². The highest BCUT2D eigenvalue weighted by molar-refractivity contribution is 5.91. The quantitative estimate of drug-likeness (QED) is 0.933. The van der Waals surface area contributed by atoms with Gasteiger partial charge in [0.05, 0.1) is 0 Å². The zero-order valence-corrected chi connectivity index (χ0v) is 11.9. The second kappa shape index (κ2) is 5.51. The van der Waals surface area contributed by atoms with Gasteiger partial charge in [-0.25, -0.2) is 9.18 Å². The summed E-state index contributed by atoms with van der Waals surface area (Å²) >= 11 is 0. The standard InChI is InChI=1S/C14H15FN2O4/c1-14(2,3)13-17-16-10(21-13)7-20-9-6-4-5-8(15)11(9)12(18)19/h4-6H,7H2,1-3H3,(H,18,19). The van der Waals surface area contributed by atoms with Gasteiger partial charge < -0.3 is 14.3 Å². The van der Waals surface area contributed by atoms with Crippen LogP contribution >= 0.6 is 0 Å². The number of carbonyl (C=O) groups is 1. The van der Waals surface area contributed by atoms with Gasteiger partial charge in [0.1, 0.15) is 17.1 Å². The summed E-state index contributed by atoms with van der Waals surface area (Å²) in [5.74, 6) is -1.71.